The molecule has 0 saturated heterocycles. The summed E-state index contributed by atoms with van der Waals surface area (Å²) in [5.74, 6) is 0.486. The zero-order valence-electron chi connectivity index (χ0n) is 12.0. The van der Waals surface area contributed by atoms with Crippen LogP contribution >= 0.6 is 22.7 Å². The summed E-state index contributed by atoms with van der Waals surface area (Å²) in [6.07, 6.45) is 2.08. The summed E-state index contributed by atoms with van der Waals surface area (Å²) in [7, 11) is 0. The van der Waals surface area contributed by atoms with Crippen LogP contribution in [0.1, 0.15) is 50.7 Å². The van der Waals surface area contributed by atoms with Crippen LogP contribution in [0.2, 0.25) is 0 Å². The molecule has 0 aliphatic heterocycles. The Morgan fingerprint density at radius 1 is 1.26 bits per heavy atom. The standard InChI is InChI=1S/C14H21N3S2/c1-5-7-15-14-17-11(8-18-14)12-10(6-2)16-13(19-12)9(3)4/h8-9H,5-7H2,1-4H3,(H,15,17). The van der Waals surface area contributed by atoms with E-state index in [0.29, 0.717) is 5.92 Å². The van der Waals surface area contributed by atoms with Crippen molar-refractivity contribution < 1.29 is 0 Å². The van der Waals surface area contributed by atoms with Crippen LogP contribution in [-0.2, 0) is 6.42 Å². The van der Waals surface area contributed by atoms with Gasteiger partial charge in [-0.15, -0.1) is 22.7 Å². The van der Waals surface area contributed by atoms with E-state index in [1.807, 2.05) is 0 Å². The van der Waals surface area contributed by atoms with Gasteiger partial charge in [0.25, 0.3) is 0 Å². The maximum Gasteiger partial charge on any atom is 0.183 e. The first-order chi connectivity index (χ1) is 9.15. The lowest BCUT2D eigenvalue weighted by atomic mass is 10.2. The first-order valence-electron chi connectivity index (χ1n) is 6.85. The normalized spacial score (nSPS) is 11.2. The van der Waals surface area contributed by atoms with Crippen molar-refractivity contribution in [2.75, 3.05) is 11.9 Å². The fourth-order valence-corrected chi connectivity index (χ4v) is 3.67. The van der Waals surface area contributed by atoms with E-state index < -0.39 is 0 Å². The van der Waals surface area contributed by atoms with Crippen LogP contribution in [0.25, 0.3) is 10.6 Å². The van der Waals surface area contributed by atoms with Crippen LogP contribution in [0.15, 0.2) is 5.38 Å². The first kappa shape index (κ1) is 14.5. The molecule has 2 heterocycles. The van der Waals surface area contributed by atoms with E-state index in [9.17, 15) is 0 Å². The smallest absolute Gasteiger partial charge is 0.183 e. The molecule has 0 amide bonds. The molecule has 1 N–H and O–H groups in total. The van der Waals surface area contributed by atoms with E-state index >= 15 is 0 Å². The van der Waals surface area contributed by atoms with E-state index in [-0.39, 0.29) is 0 Å². The molecule has 0 radical (unpaired) electrons. The summed E-state index contributed by atoms with van der Waals surface area (Å²) >= 11 is 3.47. The maximum absolute atomic E-state index is 4.74. The number of thiazole rings is 2. The van der Waals surface area contributed by atoms with Crippen molar-refractivity contribution in [2.45, 2.75) is 46.5 Å². The highest BCUT2D eigenvalue weighted by Crippen LogP contribution is 2.35. The third-order valence-electron chi connectivity index (χ3n) is 2.81. The number of nitrogens with one attached hydrogen (secondary N) is 1. The lowest BCUT2D eigenvalue weighted by molar-refractivity contribution is 0.840. The van der Waals surface area contributed by atoms with Gasteiger partial charge in [0.15, 0.2) is 5.13 Å². The summed E-state index contributed by atoms with van der Waals surface area (Å²) in [4.78, 5) is 10.7. The number of nitrogens with zero attached hydrogens (tertiary/aromatic N) is 2. The lowest BCUT2D eigenvalue weighted by Gasteiger charge is -1.97. The second kappa shape index (κ2) is 6.48. The Balaban J connectivity index is 2.27. The Kier molecular flexibility index (Phi) is 4.93. The second-order valence-electron chi connectivity index (χ2n) is 4.80. The van der Waals surface area contributed by atoms with Crippen LogP contribution in [-0.4, -0.2) is 16.5 Å². The minimum absolute atomic E-state index is 0.486. The molecule has 3 nitrogen and oxygen atoms in total. The van der Waals surface area contributed by atoms with Crippen LogP contribution < -0.4 is 5.32 Å². The summed E-state index contributed by atoms with van der Waals surface area (Å²) in [6.45, 7) is 9.68. The van der Waals surface area contributed by atoms with Gasteiger partial charge in [0, 0.05) is 17.8 Å². The SMILES string of the molecule is CCCNc1nc(-c2sc(C(C)C)nc2CC)cs1. The summed E-state index contributed by atoms with van der Waals surface area (Å²) < 4.78 is 0. The van der Waals surface area contributed by atoms with Crippen molar-refractivity contribution in [1.82, 2.24) is 9.97 Å². The quantitative estimate of drug-likeness (QED) is 0.833. The van der Waals surface area contributed by atoms with E-state index in [4.69, 9.17) is 4.98 Å². The van der Waals surface area contributed by atoms with Gasteiger partial charge < -0.3 is 5.32 Å². The highest BCUT2D eigenvalue weighted by Gasteiger charge is 2.16. The maximum atomic E-state index is 4.74. The predicted molar refractivity (Wildman–Crippen MR) is 85.5 cm³/mol. The van der Waals surface area contributed by atoms with Crippen LogP contribution in [0.5, 0.6) is 0 Å². The lowest BCUT2D eigenvalue weighted by Crippen LogP contribution is -1.98. The average molecular weight is 295 g/mol. The number of rotatable bonds is 6. The van der Waals surface area contributed by atoms with E-state index in [1.165, 1.54) is 15.6 Å². The van der Waals surface area contributed by atoms with Crippen molar-refractivity contribution in [1.29, 1.82) is 0 Å². The predicted octanol–water partition coefficient (Wildman–Crippen LogP) is 4.77. The molecule has 5 heteroatoms. The van der Waals surface area contributed by atoms with Gasteiger partial charge in [-0.2, -0.15) is 0 Å². The molecule has 2 rings (SSSR count). The van der Waals surface area contributed by atoms with Crippen molar-refractivity contribution >= 4 is 27.8 Å². The van der Waals surface area contributed by atoms with Gasteiger partial charge in [0.2, 0.25) is 0 Å². The summed E-state index contributed by atoms with van der Waals surface area (Å²) in [6, 6.07) is 0. The van der Waals surface area contributed by atoms with Gasteiger partial charge in [-0.1, -0.05) is 27.7 Å². The summed E-state index contributed by atoms with van der Waals surface area (Å²) in [5.41, 5.74) is 2.26. The Morgan fingerprint density at radius 3 is 2.68 bits per heavy atom. The first-order valence-corrected chi connectivity index (χ1v) is 8.54. The molecule has 0 aromatic carbocycles. The van der Waals surface area contributed by atoms with Gasteiger partial charge in [0.1, 0.15) is 0 Å². The van der Waals surface area contributed by atoms with E-state index in [2.05, 4.69) is 43.4 Å². The molecule has 104 valence electrons. The number of aryl methyl sites for hydroxylation is 1. The zero-order valence-corrected chi connectivity index (χ0v) is 13.6. The van der Waals surface area contributed by atoms with Crippen LogP contribution in [0.3, 0.4) is 0 Å². The molecule has 0 atom stereocenters. The van der Waals surface area contributed by atoms with Crippen LogP contribution in [0.4, 0.5) is 5.13 Å². The Bertz CT molecular complexity index is 529. The molecule has 0 unspecified atom stereocenters. The molecule has 0 saturated carbocycles. The van der Waals surface area contributed by atoms with Gasteiger partial charge in [0.05, 0.1) is 21.3 Å². The third kappa shape index (κ3) is 3.34. The third-order valence-corrected chi connectivity index (χ3v) is 5.03. The minimum atomic E-state index is 0.486. The molecule has 0 fully saturated rings. The summed E-state index contributed by atoms with van der Waals surface area (Å²) in [5, 5.41) is 7.70. The van der Waals surface area contributed by atoms with Crippen molar-refractivity contribution in [3.05, 3.63) is 16.1 Å². The monoisotopic (exact) mass is 295 g/mol. The largest absolute Gasteiger partial charge is 0.362 e. The molecule has 2 aromatic heterocycles. The fourth-order valence-electron chi connectivity index (χ4n) is 1.75. The Morgan fingerprint density at radius 2 is 2.05 bits per heavy atom. The van der Waals surface area contributed by atoms with Gasteiger partial charge in [-0.05, 0) is 12.8 Å². The van der Waals surface area contributed by atoms with Gasteiger partial charge in [-0.3, -0.25) is 0 Å². The average Bonchev–Trinajstić information content (AvgIpc) is 3.02. The highest BCUT2D eigenvalue weighted by molar-refractivity contribution is 7.17. The van der Waals surface area contributed by atoms with Crippen molar-refractivity contribution in [2.24, 2.45) is 0 Å². The molecule has 2 aromatic rings. The number of hydrogen-bond acceptors (Lipinski definition) is 5. The molecule has 0 bridgehead atoms. The molecular formula is C14H21N3S2. The Labute approximate surface area is 123 Å². The second-order valence-corrected chi connectivity index (χ2v) is 6.69. The Hall–Kier alpha value is -0.940. The fraction of sp³-hybridized carbons (Fsp3) is 0.571. The molecule has 19 heavy (non-hydrogen) atoms. The van der Waals surface area contributed by atoms with Crippen molar-refractivity contribution in [3.8, 4) is 10.6 Å². The minimum Gasteiger partial charge on any atom is -0.362 e. The molecule has 0 spiro atoms. The van der Waals surface area contributed by atoms with Crippen LogP contribution in [0, 0.1) is 0 Å². The zero-order chi connectivity index (χ0) is 13.8. The van der Waals surface area contributed by atoms with E-state index in [0.717, 1.165) is 30.2 Å². The number of hydrogen-bond donors (Lipinski definition) is 1. The number of anilines is 1. The topological polar surface area (TPSA) is 37.8 Å². The molecule has 0 aliphatic rings. The molecular weight excluding hydrogens is 274 g/mol. The van der Waals surface area contributed by atoms with Crippen molar-refractivity contribution in [3.63, 3.8) is 0 Å². The van der Waals surface area contributed by atoms with Gasteiger partial charge in [-0.25, -0.2) is 9.97 Å². The van der Waals surface area contributed by atoms with Gasteiger partial charge >= 0.3 is 0 Å². The van der Waals surface area contributed by atoms with E-state index in [1.54, 1.807) is 22.7 Å². The molecule has 0 aliphatic carbocycles. The highest BCUT2D eigenvalue weighted by atomic mass is 32.1. The number of aromatic nitrogens is 2.